The molecule has 4 heteroatoms. The molecule has 1 fully saturated rings. The Hall–Kier alpha value is -0.580. The molecule has 1 aliphatic heterocycles. The third-order valence-corrected chi connectivity index (χ3v) is 4.14. The van der Waals surface area contributed by atoms with E-state index in [2.05, 4.69) is 43.2 Å². The smallest absolute Gasteiger partial charge is 0.0960 e. The van der Waals surface area contributed by atoms with Crippen LogP contribution in [-0.4, -0.2) is 29.0 Å². The zero-order chi connectivity index (χ0) is 13.7. The molecule has 0 amide bonds. The molecule has 0 radical (unpaired) electrons. The van der Waals surface area contributed by atoms with E-state index in [-0.39, 0.29) is 5.54 Å². The van der Waals surface area contributed by atoms with Gasteiger partial charge in [0.2, 0.25) is 0 Å². The first-order valence-electron chi connectivity index (χ1n) is 6.97. The molecule has 1 aromatic rings. The summed E-state index contributed by atoms with van der Waals surface area (Å²) >= 11 is 1.79. The molecule has 2 rings (SSSR count). The zero-order valence-corrected chi connectivity index (χ0v) is 12.9. The highest BCUT2D eigenvalue weighted by Crippen LogP contribution is 2.22. The van der Waals surface area contributed by atoms with Gasteiger partial charge in [-0.05, 0) is 45.2 Å². The maximum atomic E-state index is 5.62. The zero-order valence-electron chi connectivity index (χ0n) is 12.1. The van der Waals surface area contributed by atoms with Crippen LogP contribution in [0.15, 0.2) is 23.4 Å². The Balaban J connectivity index is 1.77. The molecule has 0 bridgehead atoms. The summed E-state index contributed by atoms with van der Waals surface area (Å²) in [7, 11) is 0. The van der Waals surface area contributed by atoms with Crippen LogP contribution in [0.1, 0.15) is 39.2 Å². The van der Waals surface area contributed by atoms with Gasteiger partial charge in [-0.3, -0.25) is 0 Å². The van der Waals surface area contributed by atoms with Gasteiger partial charge in [-0.2, -0.15) is 0 Å². The molecule has 1 unspecified atom stereocenters. The Kier molecular flexibility index (Phi) is 5.25. The molecular formula is C15H24N2OS. The highest BCUT2D eigenvalue weighted by atomic mass is 32.2. The van der Waals surface area contributed by atoms with E-state index in [4.69, 9.17) is 4.74 Å². The molecule has 0 aromatic carbocycles. The third-order valence-electron chi connectivity index (χ3n) is 3.06. The second-order valence-electron chi connectivity index (χ2n) is 6.05. The lowest BCUT2D eigenvalue weighted by Crippen LogP contribution is -2.35. The van der Waals surface area contributed by atoms with Crippen LogP contribution < -0.4 is 5.32 Å². The molecule has 1 atom stereocenters. The normalized spacial score (nSPS) is 19.8. The third kappa shape index (κ3) is 5.51. The minimum absolute atomic E-state index is 0.146. The number of nitrogens with one attached hydrogen (secondary N) is 1. The number of nitrogens with zero attached hydrogens (tertiary/aromatic N) is 1. The minimum atomic E-state index is 0.146. The van der Waals surface area contributed by atoms with Crippen LogP contribution in [-0.2, 0) is 11.3 Å². The number of rotatable bonds is 5. The van der Waals surface area contributed by atoms with Gasteiger partial charge >= 0.3 is 0 Å². The number of ether oxygens (including phenoxy) is 1. The van der Waals surface area contributed by atoms with Gasteiger partial charge in [0.05, 0.1) is 11.1 Å². The van der Waals surface area contributed by atoms with Crippen LogP contribution >= 0.6 is 11.8 Å². The van der Waals surface area contributed by atoms with Crippen molar-refractivity contribution < 1.29 is 4.74 Å². The van der Waals surface area contributed by atoms with Crippen LogP contribution in [0.3, 0.4) is 0 Å². The van der Waals surface area contributed by atoms with Crippen molar-refractivity contribution in [2.45, 2.75) is 56.8 Å². The molecule has 0 spiro atoms. The Labute approximate surface area is 120 Å². The average molecular weight is 280 g/mol. The molecule has 1 saturated heterocycles. The van der Waals surface area contributed by atoms with Gasteiger partial charge in [-0.1, -0.05) is 6.07 Å². The fourth-order valence-corrected chi connectivity index (χ4v) is 2.83. The summed E-state index contributed by atoms with van der Waals surface area (Å²) in [6, 6.07) is 4.27. The van der Waals surface area contributed by atoms with E-state index in [1.54, 1.807) is 11.8 Å². The van der Waals surface area contributed by atoms with Crippen molar-refractivity contribution in [1.82, 2.24) is 10.3 Å². The lowest BCUT2D eigenvalue weighted by molar-refractivity contribution is 0.129. The number of thioether (sulfide) groups is 1. The van der Waals surface area contributed by atoms with Crippen LogP contribution in [0.25, 0.3) is 0 Å². The first-order chi connectivity index (χ1) is 9.03. The van der Waals surface area contributed by atoms with Gasteiger partial charge in [0.1, 0.15) is 0 Å². The van der Waals surface area contributed by atoms with E-state index >= 15 is 0 Å². The Morgan fingerprint density at radius 2 is 2.26 bits per heavy atom. The molecular weight excluding hydrogens is 256 g/mol. The fourth-order valence-electron chi connectivity index (χ4n) is 1.92. The van der Waals surface area contributed by atoms with Crippen molar-refractivity contribution in [2.24, 2.45) is 0 Å². The summed E-state index contributed by atoms with van der Waals surface area (Å²) in [5, 5.41) is 4.56. The summed E-state index contributed by atoms with van der Waals surface area (Å²) in [5.74, 6) is 1.02. The van der Waals surface area contributed by atoms with Gasteiger partial charge in [0.25, 0.3) is 0 Å². The Morgan fingerprint density at radius 3 is 2.84 bits per heavy atom. The van der Waals surface area contributed by atoms with Gasteiger partial charge in [-0.25, -0.2) is 4.98 Å². The van der Waals surface area contributed by atoms with Crippen molar-refractivity contribution in [1.29, 1.82) is 0 Å². The Morgan fingerprint density at radius 1 is 1.42 bits per heavy atom. The summed E-state index contributed by atoms with van der Waals surface area (Å²) in [6.45, 7) is 8.31. The maximum absolute atomic E-state index is 5.62. The van der Waals surface area contributed by atoms with E-state index in [0.717, 1.165) is 23.9 Å². The fraction of sp³-hybridized carbons (Fsp3) is 0.667. The SMILES string of the molecule is CC(C)(C)NCc1ccc(SCC2CCCO2)nc1. The van der Waals surface area contributed by atoms with Crippen molar-refractivity contribution in [3.63, 3.8) is 0 Å². The van der Waals surface area contributed by atoms with E-state index in [1.165, 1.54) is 18.4 Å². The monoisotopic (exact) mass is 280 g/mol. The lowest BCUT2D eigenvalue weighted by Gasteiger charge is -2.20. The number of hydrogen-bond donors (Lipinski definition) is 1. The number of aromatic nitrogens is 1. The largest absolute Gasteiger partial charge is 0.377 e. The molecule has 1 aliphatic rings. The van der Waals surface area contributed by atoms with E-state index in [9.17, 15) is 0 Å². The number of pyridine rings is 1. The summed E-state index contributed by atoms with van der Waals surface area (Å²) in [5.41, 5.74) is 1.38. The maximum Gasteiger partial charge on any atom is 0.0960 e. The van der Waals surface area contributed by atoms with Gasteiger partial charge < -0.3 is 10.1 Å². The summed E-state index contributed by atoms with van der Waals surface area (Å²) in [4.78, 5) is 4.51. The topological polar surface area (TPSA) is 34.1 Å². The second-order valence-corrected chi connectivity index (χ2v) is 7.09. The number of hydrogen-bond acceptors (Lipinski definition) is 4. The van der Waals surface area contributed by atoms with E-state index in [0.29, 0.717) is 6.10 Å². The van der Waals surface area contributed by atoms with Gasteiger partial charge in [-0.15, -0.1) is 11.8 Å². The predicted octanol–water partition coefficient (Wildman–Crippen LogP) is 3.24. The van der Waals surface area contributed by atoms with Crippen LogP contribution in [0.5, 0.6) is 0 Å². The molecule has 106 valence electrons. The van der Waals surface area contributed by atoms with Crippen molar-refractivity contribution in [3.8, 4) is 0 Å². The lowest BCUT2D eigenvalue weighted by atomic mass is 10.1. The van der Waals surface area contributed by atoms with Crippen LogP contribution in [0.2, 0.25) is 0 Å². The van der Waals surface area contributed by atoms with Crippen LogP contribution in [0, 0.1) is 0 Å². The standard InChI is InChI=1S/C15H24N2OS/c1-15(2,3)17-10-12-6-7-14(16-9-12)19-11-13-5-4-8-18-13/h6-7,9,13,17H,4-5,8,10-11H2,1-3H3. The molecule has 0 saturated carbocycles. The highest BCUT2D eigenvalue weighted by Gasteiger charge is 2.15. The Bertz CT molecular complexity index is 380. The first-order valence-corrected chi connectivity index (χ1v) is 7.96. The predicted molar refractivity (Wildman–Crippen MR) is 80.5 cm³/mol. The second kappa shape index (κ2) is 6.73. The molecule has 1 aromatic heterocycles. The molecule has 2 heterocycles. The van der Waals surface area contributed by atoms with E-state index in [1.807, 2.05) is 6.20 Å². The van der Waals surface area contributed by atoms with Crippen molar-refractivity contribution in [3.05, 3.63) is 23.9 Å². The molecule has 0 aliphatic carbocycles. The molecule has 3 nitrogen and oxygen atoms in total. The minimum Gasteiger partial charge on any atom is -0.377 e. The van der Waals surface area contributed by atoms with E-state index < -0.39 is 0 Å². The average Bonchev–Trinajstić information content (AvgIpc) is 2.87. The highest BCUT2D eigenvalue weighted by molar-refractivity contribution is 7.99. The van der Waals surface area contributed by atoms with Crippen molar-refractivity contribution >= 4 is 11.8 Å². The van der Waals surface area contributed by atoms with Crippen molar-refractivity contribution in [2.75, 3.05) is 12.4 Å². The summed E-state index contributed by atoms with van der Waals surface area (Å²) in [6.07, 6.45) is 4.79. The van der Waals surface area contributed by atoms with Crippen LogP contribution in [0.4, 0.5) is 0 Å². The quantitative estimate of drug-likeness (QED) is 0.840. The van der Waals surface area contributed by atoms with Gasteiger partial charge in [0, 0.05) is 30.6 Å². The first kappa shape index (κ1) is 14.8. The summed E-state index contributed by atoms with van der Waals surface area (Å²) < 4.78 is 5.62. The molecule has 19 heavy (non-hydrogen) atoms. The van der Waals surface area contributed by atoms with Gasteiger partial charge in [0.15, 0.2) is 0 Å². The molecule has 1 N–H and O–H groups in total.